The van der Waals surface area contributed by atoms with Crippen LogP contribution in [0.3, 0.4) is 0 Å². The molecule has 2 heterocycles. The largest absolute Gasteiger partial charge is 0.491 e. The summed E-state index contributed by atoms with van der Waals surface area (Å²) in [4.78, 5) is 30.2. The van der Waals surface area contributed by atoms with Crippen LogP contribution in [0.5, 0.6) is 5.75 Å². The number of piperazine rings is 1. The van der Waals surface area contributed by atoms with E-state index in [-0.39, 0.29) is 11.5 Å². The Kier molecular flexibility index (Phi) is 6.43. The van der Waals surface area contributed by atoms with E-state index in [9.17, 15) is 14.0 Å². The van der Waals surface area contributed by atoms with Crippen molar-refractivity contribution in [3.8, 4) is 5.75 Å². The molecule has 2 aliphatic heterocycles. The third-order valence-electron chi connectivity index (χ3n) is 5.77. The fourth-order valence-corrected chi connectivity index (χ4v) is 4.20. The van der Waals surface area contributed by atoms with Crippen molar-refractivity contribution >= 4 is 23.4 Å². The lowest BCUT2D eigenvalue weighted by Crippen LogP contribution is -2.47. The summed E-state index contributed by atoms with van der Waals surface area (Å²) in [6, 6.07) is 10.0. The molecule has 2 aliphatic rings. The van der Waals surface area contributed by atoms with E-state index < -0.39 is 11.7 Å². The quantitative estimate of drug-likeness (QED) is 0.728. The first-order valence-electron chi connectivity index (χ1n) is 10.4. The van der Waals surface area contributed by atoms with Gasteiger partial charge in [-0.25, -0.2) is 4.39 Å². The van der Waals surface area contributed by atoms with Gasteiger partial charge in [0, 0.05) is 56.8 Å². The predicted molar refractivity (Wildman–Crippen MR) is 116 cm³/mol. The van der Waals surface area contributed by atoms with Crippen LogP contribution in [0, 0.1) is 5.82 Å². The first-order valence-corrected chi connectivity index (χ1v) is 10.8. The maximum absolute atomic E-state index is 14.2. The number of amides is 2. The minimum Gasteiger partial charge on any atom is -0.491 e. The Morgan fingerprint density at radius 3 is 2.55 bits per heavy atom. The van der Waals surface area contributed by atoms with Crippen molar-refractivity contribution in [1.29, 1.82) is 0 Å². The molecule has 2 aromatic rings. The van der Waals surface area contributed by atoms with Crippen molar-refractivity contribution in [3.63, 3.8) is 0 Å². The van der Waals surface area contributed by atoms with Gasteiger partial charge in [0.1, 0.15) is 18.2 Å². The number of carbonyl (C=O) groups is 2. The highest BCUT2D eigenvalue weighted by molar-refractivity contribution is 6.31. The van der Waals surface area contributed by atoms with Crippen molar-refractivity contribution in [3.05, 3.63) is 63.9 Å². The molecule has 0 spiro atoms. The molecular formula is C23H25ClFN3O3. The third kappa shape index (κ3) is 4.99. The van der Waals surface area contributed by atoms with Crippen LogP contribution in [0.2, 0.25) is 5.02 Å². The molecule has 2 aromatic carbocycles. The van der Waals surface area contributed by atoms with Crippen LogP contribution in [0.4, 0.5) is 4.39 Å². The number of fused-ring (bicyclic) bond motifs is 1. The van der Waals surface area contributed by atoms with Gasteiger partial charge < -0.3 is 14.5 Å². The summed E-state index contributed by atoms with van der Waals surface area (Å²) in [7, 11) is 0. The summed E-state index contributed by atoms with van der Waals surface area (Å²) in [5.74, 6) is -0.129. The molecule has 0 aliphatic carbocycles. The van der Waals surface area contributed by atoms with Crippen molar-refractivity contribution in [2.45, 2.75) is 20.0 Å². The number of hydrogen-bond donors (Lipinski definition) is 0. The number of carbonyl (C=O) groups excluding carboxylic acids is 2. The molecule has 31 heavy (non-hydrogen) atoms. The lowest BCUT2D eigenvalue weighted by atomic mass is 10.1. The van der Waals surface area contributed by atoms with Gasteiger partial charge in [-0.3, -0.25) is 14.5 Å². The average molecular weight is 446 g/mol. The predicted octanol–water partition coefficient (Wildman–Crippen LogP) is 3.18. The summed E-state index contributed by atoms with van der Waals surface area (Å²) >= 11 is 5.96. The zero-order valence-corrected chi connectivity index (χ0v) is 18.2. The first-order chi connectivity index (χ1) is 14.9. The molecule has 0 unspecified atom stereocenters. The van der Waals surface area contributed by atoms with E-state index in [4.69, 9.17) is 16.3 Å². The van der Waals surface area contributed by atoms with Gasteiger partial charge >= 0.3 is 0 Å². The number of ether oxygens (including phenoxy) is 1. The zero-order valence-electron chi connectivity index (χ0n) is 17.4. The van der Waals surface area contributed by atoms with Crippen molar-refractivity contribution < 1.29 is 18.7 Å². The van der Waals surface area contributed by atoms with Crippen LogP contribution >= 0.6 is 11.6 Å². The topological polar surface area (TPSA) is 53.1 Å². The molecule has 0 saturated carbocycles. The molecule has 0 radical (unpaired) electrons. The maximum atomic E-state index is 14.2. The molecule has 1 saturated heterocycles. The Balaban J connectivity index is 1.47. The Morgan fingerprint density at radius 2 is 1.81 bits per heavy atom. The molecular weight excluding hydrogens is 421 g/mol. The fraction of sp³-hybridized carbons (Fsp3) is 0.391. The number of hydrogen-bond acceptors (Lipinski definition) is 4. The molecule has 2 amide bonds. The fourth-order valence-electron chi connectivity index (χ4n) is 4.03. The molecule has 1 fully saturated rings. The van der Waals surface area contributed by atoms with E-state index in [1.165, 1.54) is 18.2 Å². The van der Waals surface area contributed by atoms with E-state index in [1.54, 1.807) is 11.8 Å². The van der Waals surface area contributed by atoms with Crippen LogP contribution in [0.1, 0.15) is 28.4 Å². The minimum atomic E-state index is -0.585. The smallest absolute Gasteiger partial charge is 0.257 e. The summed E-state index contributed by atoms with van der Waals surface area (Å²) < 4.78 is 20.0. The van der Waals surface area contributed by atoms with Crippen LogP contribution in [0.15, 0.2) is 36.4 Å². The van der Waals surface area contributed by atoms with Gasteiger partial charge in [0.05, 0.1) is 12.1 Å². The number of benzene rings is 2. The second-order valence-electron chi connectivity index (χ2n) is 7.92. The minimum absolute atomic E-state index is 0.0320. The van der Waals surface area contributed by atoms with E-state index in [2.05, 4.69) is 4.90 Å². The molecule has 4 rings (SSSR count). The van der Waals surface area contributed by atoms with E-state index >= 15 is 0 Å². The molecule has 0 atom stereocenters. The van der Waals surface area contributed by atoms with Crippen molar-refractivity contribution in [2.75, 3.05) is 39.3 Å². The summed E-state index contributed by atoms with van der Waals surface area (Å²) in [5, 5.41) is 0.323. The SMILES string of the molecule is CC(=O)N1CCN(Cc2ccc3c(c2)CN(C(=O)c2cc(Cl)ccc2F)CCO3)CC1. The van der Waals surface area contributed by atoms with Gasteiger partial charge in [0.15, 0.2) is 0 Å². The van der Waals surface area contributed by atoms with Gasteiger partial charge in [-0.15, -0.1) is 0 Å². The highest BCUT2D eigenvalue weighted by atomic mass is 35.5. The summed E-state index contributed by atoms with van der Waals surface area (Å²) in [6.07, 6.45) is 0. The highest BCUT2D eigenvalue weighted by Crippen LogP contribution is 2.27. The van der Waals surface area contributed by atoms with Gasteiger partial charge in [0.25, 0.3) is 5.91 Å². The van der Waals surface area contributed by atoms with Gasteiger partial charge in [-0.2, -0.15) is 0 Å². The van der Waals surface area contributed by atoms with E-state index in [0.717, 1.165) is 49.6 Å². The van der Waals surface area contributed by atoms with Crippen molar-refractivity contribution in [1.82, 2.24) is 14.7 Å². The van der Waals surface area contributed by atoms with E-state index in [1.807, 2.05) is 23.1 Å². The molecule has 8 heteroatoms. The lowest BCUT2D eigenvalue weighted by molar-refractivity contribution is -0.130. The molecule has 0 aromatic heterocycles. The Morgan fingerprint density at radius 1 is 1.03 bits per heavy atom. The van der Waals surface area contributed by atoms with Crippen LogP contribution in [-0.4, -0.2) is 65.8 Å². The second kappa shape index (κ2) is 9.24. The number of rotatable bonds is 3. The molecule has 6 nitrogen and oxygen atoms in total. The second-order valence-corrected chi connectivity index (χ2v) is 8.36. The molecule has 164 valence electrons. The van der Waals surface area contributed by atoms with Crippen LogP contribution in [-0.2, 0) is 17.9 Å². The molecule has 0 bridgehead atoms. The Bertz CT molecular complexity index is 992. The molecule has 0 N–H and O–H groups in total. The monoisotopic (exact) mass is 445 g/mol. The normalized spacial score (nSPS) is 17.0. The lowest BCUT2D eigenvalue weighted by Gasteiger charge is -2.34. The summed E-state index contributed by atoms with van der Waals surface area (Å²) in [6.45, 7) is 6.52. The Hall–Kier alpha value is -2.64. The third-order valence-corrected chi connectivity index (χ3v) is 6.01. The van der Waals surface area contributed by atoms with Gasteiger partial charge in [0.2, 0.25) is 5.91 Å². The Labute approximate surface area is 186 Å². The van der Waals surface area contributed by atoms with Crippen molar-refractivity contribution in [2.24, 2.45) is 0 Å². The van der Waals surface area contributed by atoms with Crippen LogP contribution < -0.4 is 4.74 Å². The average Bonchev–Trinajstić information content (AvgIpc) is 2.97. The van der Waals surface area contributed by atoms with Crippen LogP contribution in [0.25, 0.3) is 0 Å². The van der Waals surface area contributed by atoms with Gasteiger partial charge in [-0.05, 0) is 35.9 Å². The first kappa shape index (κ1) is 21.6. The standard InChI is InChI=1S/C23H25ClFN3O3/c1-16(29)27-8-6-26(7-9-27)14-17-2-5-22-18(12-17)15-28(10-11-31-22)23(30)20-13-19(24)3-4-21(20)25/h2-5,12-13H,6-11,14-15H2,1H3. The zero-order chi connectivity index (χ0) is 22.0. The highest BCUT2D eigenvalue weighted by Gasteiger charge is 2.24. The number of nitrogens with zero attached hydrogens (tertiary/aromatic N) is 3. The van der Waals surface area contributed by atoms with E-state index in [0.29, 0.717) is 24.7 Å². The number of halogens is 2. The van der Waals surface area contributed by atoms with Gasteiger partial charge in [-0.1, -0.05) is 17.7 Å². The maximum Gasteiger partial charge on any atom is 0.257 e. The summed E-state index contributed by atoms with van der Waals surface area (Å²) in [5.41, 5.74) is 1.98.